The van der Waals surface area contributed by atoms with Gasteiger partial charge in [-0.1, -0.05) is 13.8 Å². The van der Waals surface area contributed by atoms with Crippen LogP contribution < -0.4 is 16.0 Å². The van der Waals surface area contributed by atoms with Gasteiger partial charge in [0, 0.05) is 16.8 Å². The lowest BCUT2D eigenvalue weighted by molar-refractivity contribution is -0.139. The summed E-state index contributed by atoms with van der Waals surface area (Å²) in [5, 5.41) is 7.76. The Hall–Kier alpha value is -3.75. The zero-order valence-corrected chi connectivity index (χ0v) is 17.4. The van der Waals surface area contributed by atoms with Gasteiger partial charge in [0.15, 0.2) is 0 Å². The number of ether oxygens (including phenoxy) is 1. The zero-order valence-electron chi connectivity index (χ0n) is 17.4. The van der Waals surface area contributed by atoms with E-state index in [1.54, 1.807) is 13.8 Å². The molecule has 0 unspecified atom stereocenters. The van der Waals surface area contributed by atoms with E-state index < -0.39 is 35.5 Å². The standard InChI is InChI=1S/C22H24FN3O5/c1-13(2)19(26-21(29)15-4-8-16(23)9-5-15)22(30)25-17-10-6-14(7-11-17)20(28)24-12-18(27)31-3/h4-11,13,19H,12H2,1-3H3,(H,24,28)(H,25,30)(H,26,29)/t19-/m0/s1. The van der Waals surface area contributed by atoms with Gasteiger partial charge in [-0.3, -0.25) is 19.2 Å². The average Bonchev–Trinajstić information content (AvgIpc) is 2.75. The van der Waals surface area contributed by atoms with E-state index >= 15 is 0 Å². The van der Waals surface area contributed by atoms with Crippen LogP contribution in [-0.4, -0.2) is 43.4 Å². The van der Waals surface area contributed by atoms with E-state index in [1.165, 1.54) is 55.6 Å². The van der Waals surface area contributed by atoms with Crippen molar-refractivity contribution in [2.45, 2.75) is 19.9 Å². The highest BCUT2D eigenvalue weighted by Crippen LogP contribution is 2.13. The quantitative estimate of drug-likeness (QED) is 0.557. The largest absolute Gasteiger partial charge is 0.468 e. The van der Waals surface area contributed by atoms with Crippen LogP contribution in [0.5, 0.6) is 0 Å². The molecule has 2 rings (SSSR count). The van der Waals surface area contributed by atoms with Crippen molar-refractivity contribution in [2.75, 3.05) is 19.0 Å². The summed E-state index contributed by atoms with van der Waals surface area (Å²) < 4.78 is 17.5. The Balaban J connectivity index is 2.00. The van der Waals surface area contributed by atoms with Gasteiger partial charge in [-0.05, 0) is 54.4 Å². The number of amides is 3. The topological polar surface area (TPSA) is 114 Å². The molecule has 0 saturated heterocycles. The number of carbonyl (C=O) groups is 4. The average molecular weight is 429 g/mol. The molecule has 0 heterocycles. The molecule has 8 nitrogen and oxygen atoms in total. The van der Waals surface area contributed by atoms with E-state index in [1.807, 2.05) is 0 Å². The molecule has 2 aromatic carbocycles. The second-order valence-corrected chi connectivity index (χ2v) is 7.03. The van der Waals surface area contributed by atoms with Crippen LogP contribution in [0.25, 0.3) is 0 Å². The summed E-state index contributed by atoms with van der Waals surface area (Å²) in [6.07, 6.45) is 0. The zero-order chi connectivity index (χ0) is 23.0. The number of carbonyl (C=O) groups excluding carboxylic acids is 4. The highest BCUT2D eigenvalue weighted by molar-refractivity contribution is 6.01. The molecule has 0 aliphatic carbocycles. The lowest BCUT2D eigenvalue weighted by atomic mass is 10.0. The number of anilines is 1. The fourth-order valence-electron chi connectivity index (χ4n) is 2.61. The Labute approximate surface area is 179 Å². The summed E-state index contributed by atoms with van der Waals surface area (Å²) in [4.78, 5) is 48.2. The van der Waals surface area contributed by atoms with Gasteiger partial charge in [0.05, 0.1) is 7.11 Å². The molecule has 0 saturated carbocycles. The number of benzene rings is 2. The molecule has 2 aromatic rings. The van der Waals surface area contributed by atoms with E-state index in [4.69, 9.17) is 0 Å². The first-order chi connectivity index (χ1) is 14.7. The van der Waals surface area contributed by atoms with E-state index in [0.717, 1.165) is 0 Å². The summed E-state index contributed by atoms with van der Waals surface area (Å²) >= 11 is 0. The number of methoxy groups -OCH3 is 1. The second kappa shape index (κ2) is 10.9. The summed E-state index contributed by atoms with van der Waals surface area (Å²) in [5.74, 6) is -2.64. The van der Waals surface area contributed by atoms with E-state index in [0.29, 0.717) is 11.3 Å². The molecule has 0 aliphatic rings. The third kappa shape index (κ3) is 6.91. The third-order valence-electron chi connectivity index (χ3n) is 4.38. The van der Waals surface area contributed by atoms with Crippen molar-refractivity contribution < 1.29 is 28.3 Å². The van der Waals surface area contributed by atoms with Crippen molar-refractivity contribution in [3.05, 3.63) is 65.5 Å². The Morgan fingerprint density at radius 2 is 1.45 bits per heavy atom. The van der Waals surface area contributed by atoms with Gasteiger partial charge in [-0.15, -0.1) is 0 Å². The monoisotopic (exact) mass is 429 g/mol. The first kappa shape index (κ1) is 23.5. The summed E-state index contributed by atoms with van der Waals surface area (Å²) in [6.45, 7) is 3.31. The van der Waals surface area contributed by atoms with E-state index in [-0.39, 0.29) is 18.0 Å². The SMILES string of the molecule is COC(=O)CNC(=O)c1ccc(NC(=O)[C@@H](NC(=O)c2ccc(F)cc2)C(C)C)cc1. The highest BCUT2D eigenvalue weighted by Gasteiger charge is 2.25. The lowest BCUT2D eigenvalue weighted by Crippen LogP contribution is -2.47. The Morgan fingerprint density at radius 3 is 2.00 bits per heavy atom. The van der Waals surface area contributed by atoms with Gasteiger partial charge in [0.1, 0.15) is 18.4 Å². The van der Waals surface area contributed by atoms with Crippen LogP contribution in [0.15, 0.2) is 48.5 Å². The van der Waals surface area contributed by atoms with Crippen LogP contribution in [0.4, 0.5) is 10.1 Å². The van der Waals surface area contributed by atoms with Gasteiger partial charge in [0.2, 0.25) is 5.91 Å². The molecule has 0 aliphatic heterocycles. The molecule has 9 heteroatoms. The molecule has 3 N–H and O–H groups in total. The minimum absolute atomic E-state index is 0.215. The minimum atomic E-state index is -0.833. The maximum Gasteiger partial charge on any atom is 0.325 e. The molecule has 1 atom stereocenters. The molecular formula is C22H24FN3O5. The Morgan fingerprint density at radius 1 is 0.903 bits per heavy atom. The molecule has 0 fully saturated rings. The first-order valence-electron chi connectivity index (χ1n) is 9.53. The van der Waals surface area contributed by atoms with Crippen molar-refractivity contribution in [3.8, 4) is 0 Å². The smallest absolute Gasteiger partial charge is 0.325 e. The highest BCUT2D eigenvalue weighted by atomic mass is 19.1. The van der Waals surface area contributed by atoms with Gasteiger partial charge < -0.3 is 20.7 Å². The predicted molar refractivity (Wildman–Crippen MR) is 112 cm³/mol. The van der Waals surface area contributed by atoms with Crippen LogP contribution in [0.2, 0.25) is 0 Å². The van der Waals surface area contributed by atoms with Crippen molar-refractivity contribution in [3.63, 3.8) is 0 Å². The number of hydrogen-bond acceptors (Lipinski definition) is 5. The number of hydrogen-bond donors (Lipinski definition) is 3. The van der Waals surface area contributed by atoms with Gasteiger partial charge >= 0.3 is 5.97 Å². The molecule has 0 spiro atoms. The number of halogens is 1. The molecule has 164 valence electrons. The van der Waals surface area contributed by atoms with Crippen molar-refractivity contribution in [2.24, 2.45) is 5.92 Å². The maximum absolute atomic E-state index is 13.0. The predicted octanol–water partition coefficient (Wildman–Crippen LogP) is 2.12. The Bertz CT molecular complexity index is 943. The minimum Gasteiger partial charge on any atom is -0.468 e. The van der Waals surface area contributed by atoms with E-state index in [9.17, 15) is 23.6 Å². The molecule has 31 heavy (non-hydrogen) atoms. The molecule has 3 amide bonds. The molecular weight excluding hydrogens is 405 g/mol. The van der Waals surface area contributed by atoms with Crippen LogP contribution in [0, 0.1) is 11.7 Å². The number of nitrogens with one attached hydrogen (secondary N) is 3. The normalized spacial score (nSPS) is 11.4. The fourth-order valence-corrected chi connectivity index (χ4v) is 2.61. The first-order valence-corrected chi connectivity index (χ1v) is 9.53. The van der Waals surface area contributed by atoms with Gasteiger partial charge in [-0.2, -0.15) is 0 Å². The second-order valence-electron chi connectivity index (χ2n) is 7.03. The summed E-state index contributed by atoms with van der Waals surface area (Å²) in [7, 11) is 1.22. The van der Waals surface area contributed by atoms with E-state index in [2.05, 4.69) is 20.7 Å². The maximum atomic E-state index is 13.0. The van der Waals surface area contributed by atoms with Crippen molar-refractivity contribution in [1.29, 1.82) is 0 Å². The lowest BCUT2D eigenvalue weighted by Gasteiger charge is -2.22. The third-order valence-corrected chi connectivity index (χ3v) is 4.38. The summed E-state index contributed by atoms with van der Waals surface area (Å²) in [5.41, 5.74) is 0.963. The number of rotatable bonds is 8. The van der Waals surface area contributed by atoms with Crippen LogP contribution in [-0.2, 0) is 14.3 Å². The van der Waals surface area contributed by atoms with Gasteiger partial charge in [0.25, 0.3) is 11.8 Å². The van der Waals surface area contributed by atoms with Gasteiger partial charge in [-0.25, -0.2) is 4.39 Å². The molecule has 0 bridgehead atoms. The molecule has 0 radical (unpaired) electrons. The van der Waals surface area contributed by atoms with Crippen molar-refractivity contribution in [1.82, 2.24) is 10.6 Å². The van der Waals surface area contributed by atoms with Crippen LogP contribution in [0.1, 0.15) is 34.6 Å². The van der Waals surface area contributed by atoms with Crippen LogP contribution >= 0.6 is 0 Å². The Kier molecular flexibility index (Phi) is 8.25. The van der Waals surface area contributed by atoms with Crippen LogP contribution in [0.3, 0.4) is 0 Å². The molecule has 0 aromatic heterocycles. The summed E-state index contributed by atoms with van der Waals surface area (Å²) in [6, 6.07) is 10.2. The fraction of sp³-hybridized carbons (Fsp3) is 0.273. The number of esters is 1. The van der Waals surface area contributed by atoms with Crippen molar-refractivity contribution >= 4 is 29.4 Å².